The summed E-state index contributed by atoms with van der Waals surface area (Å²) in [6.07, 6.45) is 0.851. The number of hydrogen-bond acceptors (Lipinski definition) is 3. The van der Waals surface area contributed by atoms with Crippen molar-refractivity contribution in [2.24, 2.45) is 5.73 Å². The summed E-state index contributed by atoms with van der Waals surface area (Å²) in [5, 5.41) is 5.05. The number of anilines is 1. The average Bonchev–Trinajstić information content (AvgIpc) is 2.82. The van der Waals surface area contributed by atoms with Gasteiger partial charge in [-0.2, -0.15) is 11.3 Å². The van der Waals surface area contributed by atoms with E-state index in [0.29, 0.717) is 6.54 Å². The Morgan fingerprint density at radius 1 is 1.33 bits per heavy atom. The monoisotopic (exact) mass is 280 g/mol. The lowest BCUT2D eigenvalue weighted by atomic mass is 10.1. The molecule has 2 rings (SSSR count). The number of nitrogens with zero attached hydrogens (tertiary/aromatic N) is 1. The van der Waals surface area contributed by atoms with Gasteiger partial charge in [0.05, 0.1) is 0 Å². The summed E-state index contributed by atoms with van der Waals surface area (Å²) >= 11 is 7.77. The Bertz CT molecular complexity index is 497. The van der Waals surface area contributed by atoms with Crippen LogP contribution in [0.1, 0.15) is 11.1 Å². The molecule has 2 aromatic rings. The van der Waals surface area contributed by atoms with E-state index in [1.807, 2.05) is 12.1 Å². The highest BCUT2D eigenvalue weighted by Gasteiger charge is 2.08. The fourth-order valence-electron chi connectivity index (χ4n) is 2.02. The van der Waals surface area contributed by atoms with Gasteiger partial charge in [0.2, 0.25) is 0 Å². The number of benzene rings is 1. The predicted octanol–water partition coefficient (Wildman–Crippen LogP) is 3.54. The van der Waals surface area contributed by atoms with Crippen LogP contribution >= 0.6 is 22.9 Å². The largest absolute Gasteiger partial charge is 0.370 e. The first-order chi connectivity index (χ1) is 8.70. The molecule has 18 heavy (non-hydrogen) atoms. The summed E-state index contributed by atoms with van der Waals surface area (Å²) in [7, 11) is 2.10. The van der Waals surface area contributed by atoms with Crippen LogP contribution in [0.5, 0.6) is 0 Å². The Kier molecular flexibility index (Phi) is 4.64. The molecule has 0 saturated carbocycles. The van der Waals surface area contributed by atoms with Gasteiger partial charge in [-0.15, -0.1) is 0 Å². The second-order valence-electron chi connectivity index (χ2n) is 4.30. The van der Waals surface area contributed by atoms with Gasteiger partial charge in [-0.3, -0.25) is 0 Å². The van der Waals surface area contributed by atoms with Gasteiger partial charge in [0.1, 0.15) is 0 Å². The van der Waals surface area contributed by atoms with Crippen molar-refractivity contribution >= 4 is 28.6 Å². The molecule has 96 valence electrons. The van der Waals surface area contributed by atoms with Crippen LogP contribution in [0.4, 0.5) is 5.69 Å². The van der Waals surface area contributed by atoms with Crippen molar-refractivity contribution in [2.45, 2.75) is 13.0 Å². The van der Waals surface area contributed by atoms with E-state index in [1.165, 1.54) is 16.8 Å². The minimum Gasteiger partial charge on any atom is -0.370 e. The third-order valence-electron chi connectivity index (χ3n) is 2.87. The van der Waals surface area contributed by atoms with Crippen LogP contribution in [0.2, 0.25) is 5.02 Å². The van der Waals surface area contributed by atoms with E-state index in [2.05, 4.69) is 34.8 Å². The van der Waals surface area contributed by atoms with E-state index in [-0.39, 0.29) is 0 Å². The SMILES string of the molecule is CN(Cc1ccsc1)c1ccc(Cl)cc1CCN. The number of rotatable bonds is 5. The maximum absolute atomic E-state index is 6.04. The molecule has 4 heteroatoms. The summed E-state index contributed by atoms with van der Waals surface area (Å²) in [4.78, 5) is 2.24. The van der Waals surface area contributed by atoms with Crippen LogP contribution in [0.3, 0.4) is 0 Å². The minimum absolute atomic E-state index is 0.639. The minimum atomic E-state index is 0.639. The molecular formula is C14H17ClN2S. The van der Waals surface area contributed by atoms with Crippen LogP contribution < -0.4 is 10.6 Å². The summed E-state index contributed by atoms with van der Waals surface area (Å²) in [5.41, 5.74) is 9.40. The molecule has 0 atom stereocenters. The predicted molar refractivity (Wildman–Crippen MR) is 80.6 cm³/mol. The molecule has 0 spiro atoms. The fourth-order valence-corrected chi connectivity index (χ4v) is 2.88. The second-order valence-corrected chi connectivity index (χ2v) is 5.52. The summed E-state index contributed by atoms with van der Waals surface area (Å²) in [5.74, 6) is 0. The molecule has 0 aliphatic rings. The maximum atomic E-state index is 6.04. The molecule has 1 aromatic heterocycles. The summed E-state index contributed by atoms with van der Waals surface area (Å²) in [6.45, 7) is 1.54. The highest BCUT2D eigenvalue weighted by molar-refractivity contribution is 7.07. The number of nitrogens with two attached hydrogens (primary N) is 1. The van der Waals surface area contributed by atoms with E-state index >= 15 is 0 Å². The molecule has 1 aromatic carbocycles. The Balaban J connectivity index is 2.20. The van der Waals surface area contributed by atoms with E-state index in [4.69, 9.17) is 17.3 Å². The Morgan fingerprint density at radius 2 is 2.17 bits per heavy atom. The smallest absolute Gasteiger partial charge is 0.0434 e. The van der Waals surface area contributed by atoms with Crippen molar-refractivity contribution in [3.8, 4) is 0 Å². The second kappa shape index (κ2) is 6.23. The summed E-state index contributed by atoms with van der Waals surface area (Å²) < 4.78 is 0. The molecular weight excluding hydrogens is 264 g/mol. The van der Waals surface area contributed by atoms with Gasteiger partial charge in [-0.25, -0.2) is 0 Å². The topological polar surface area (TPSA) is 29.3 Å². The molecule has 0 fully saturated rings. The lowest BCUT2D eigenvalue weighted by molar-refractivity contribution is 0.895. The van der Waals surface area contributed by atoms with Gasteiger partial charge in [-0.1, -0.05) is 11.6 Å². The highest BCUT2D eigenvalue weighted by atomic mass is 35.5. The van der Waals surface area contributed by atoms with Crippen molar-refractivity contribution in [2.75, 3.05) is 18.5 Å². The normalized spacial score (nSPS) is 10.6. The van der Waals surface area contributed by atoms with Crippen LogP contribution in [0.25, 0.3) is 0 Å². The van der Waals surface area contributed by atoms with Crippen LogP contribution in [-0.2, 0) is 13.0 Å². The lowest BCUT2D eigenvalue weighted by Crippen LogP contribution is -2.18. The first kappa shape index (κ1) is 13.4. The van der Waals surface area contributed by atoms with Gasteiger partial charge < -0.3 is 10.6 Å². The first-order valence-electron chi connectivity index (χ1n) is 5.91. The van der Waals surface area contributed by atoms with Crippen LogP contribution in [0.15, 0.2) is 35.0 Å². The van der Waals surface area contributed by atoms with Gasteiger partial charge in [0.15, 0.2) is 0 Å². The molecule has 0 amide bonds. The van der Waals surface area contributed by atoms with Crippen LogP contribution in [-0.4, -0.2) is 13.6 Å². The molecule has 0 aliphatic carbocycles. The quantitative estimate of drug-likeness (QED) is 0.908. The van der Waals surface area contributed by atoms with Gasteiger partial charge >= 0.3 is 0 Å². The molecule has 0 radical (unpaired) electrons. The molecule has 1 heterocycles. The number of halogens is 1. The van der Waals surface area contributed by atoms with Crippen molar-refractivity contribution in [1.82, 2.24) is 0 Å². The van der Waals surface area contributed by atoms with Gasteiger partial charge in [0, 0.05) is 24.3 Å². The standard InChI is InChI=1S/C14H17ClN2S/c1-17(9-11-5-7-18-10-11)14-3-2-13(15)8-12(14)4-6-16/h2-3,5,7-8,10H,4,6,9,16H2,1H3. The van der Waals surface area contributed by atoms with Crippen molar-refractivity contribution < 1.29 is 0 Å². The molecule has 0 aliphatic heterocycles. The molecule has 0 saturated heterocycles. The lowest BCUT2D eigenvalue weighted by Gasteiger charge is -2.22. The first-order valence-corrected chi connectivity index (χ1v) is 7.23. The van der Waals surface area contributed by atoms with Crippen molar-refractivity contribution in [1.29, 1.82) is 0 Å². The van der Waals surface area contributed by atoms with Gasteiger partial charge in [-0.05, 0) is 59.1 Å². The molecule has 2 nitrogen and oxygen atoms in total. The maximum Gasteiger partial charge on any atom is 0.0434 e. The summed E-state index contributed by atoms with van der Waals surface area (Å²) in [6, 6.07) is 8.16. The molecule has 2 N–H and O–H groups in total. The number of thiophene rings is 1. The zero-order chi connectivity index (χ0) is 13.0. The number of hydrogen-bond donors (Lipinski definition) is 1. The van der Waals surface area contributed by atoms with E-state index in [1.54, 1.807) is 11.3 Å². The van der Waals surface area contributed by atoms with E-state index in [0.717, 1.165) is 18.0 Å². The Morgan fingerprint density at radius 3 is 2.83 bits per heavy atom. The van der Waals surface area contributed by atoms with Crippen LogP contribution in [0, 0.1) is 0 Å². The zero-order valence-electron chi connectivity index (χ0n) is 10.4. The van der Waals surface area contributed by atoms with Crippen molar-refractivity contribution in [3.63, 3.8) is 0 Å². The fraction of sp³-hybridized carbons (Fsp3) is 0.286. The molecule has 0 unspecified atom stereocenters. The van der Waals surface area contributed by atoms with E-state index in [9.17, 15) is 0 Å². The third-order valence-corrected chi connectivity index (χ3v) is 3.83. The third kappa shape index (κ3) is 3.25. The molecule has 0 bridgehead atoms. The Labute approximate surface area is 117 Å². The van der Waals surface area contributed by atoms with E-state index < -0.39 is 0 Å². The van der Waals surface area contributed by atoms with Gasteiger partial charge in [0.25, 0.3) is 0 Å². The highest BCUT2D eigenvalue weighted by Crippen LogP contribution is 2.25. The van der Waals surface area contributed by atoms with Crippen molar-refractivity contribution in [3.05, 3.63) is 51.2 Å². The average molecular weight is 281 g/mol. The Hall–Kier alpha value is -1.03. The zero-order valence-corrected chi connectivity index (χ0v) is 12.0.